The summed E-state index contributed by atoms with van der Waals surface area (Å²) in [5, 5.41) is 5.67. The van der Waals surface area contributed by atoms with Gasteiger partial charge < -0.3 is 10.6 Å². The number of rotatable bonds is 6. The minimum absolute atomic E-state index is 0.122. The number of carbonyl (C=O) groups is 2. The lowest BCUT2D eigenvalue weighted by atomic mass is 10.1. The van der Waals surface area contributed by atoms with E-state index >= 15 is 0 Å². The molecule has 0 fully saturated rings. The molecule has 0 aliphatic heterocycles. The maximum absolute atomic E-state index is 12.0. The van der Waals surface area contributed by atoms with Crippen LogP contribution in [-0.4, -0.2) is 24.1 Å². The second-order valence-electron chi connectivity index (χ2n) is 5.22. The van der Waals surface area contributed by atoms with Gasteiger partial charge in [-0.25, -0.2) is 0 Å². The van der Waals surface area contributed by atoms with Crippen molar-refractivity contribution in [3.8, 4) is 0 Å². The molecule has 0 aliphatic rings. The molecule has 0 radical (unpaired) electrons. The highest BCUT2D eigenvalue weighted by atomic mass is 32.2. The smallest absolute Gasteiger partial charge is 0.251 e. The van der Waals surface area contributed by atoms with Crippen LogP contribution < -0.4 is 10.6 Å². The van der Waals surface area contributed by atoms with Crippen LogP contribution in [0.2, 0.25) is 0 Å². The van der Waals surface area contributed by atoms with Crippen molar-refractivity contribution in [3.63, 3.8) is 0 Å². The summed E-state index contributed by atoms with van der Waals surface area (Å²) < 4.78 is 0. The average Bonchev–Trinajstić information content (AvgIpc) is 2.56. The van der Waals surface area contributed by atoms with Crippen molar-refractivity contribution in [3.05, 3.63) is 60.2 Å². The molecule has 0 saturated carbocycles. The first-order chi connectivity index (χ1) is 11.1. The van der Waals surface area contributed by atoms with Crippen molar-refractivity contribution in [1.29, 1.82) is 0 Å². The number of thioether (sulfide) groups is 1. The lowest BCUT2D eigenvalue weighted by molar-refractivity contribution is -0.116. The Kier molecular flexibility index (Phi) is 6.23. The fourth-order valence-electron chi connectivity index (χ4n) is 2.11. The molecule has 0 spiro atoms. The molecule has 0 aliphatic carbocycles. The van der Waals surface area contributed by atoms with E-state index in [1.807, 2.05) is 55.6 Å². The summed E-state index contributed by atoms with van der Waals surface area (Å²) in [6.07, 6.45) is 2.23. The van der Waals surface area contributed by atoms with E-state index in [0.717, 1.165) is 10.6 Å². The Morgan fingerprint density at radius 1 is 1.04 bits per heavy atom. The monoisotopic (exact) mass is 328 g/mol. The first kappa shape index (κ1) is 17.1. The van der Waals surface area contributed by atoms with E-state index in [-0.39, 0.29) is 24.3 Å². The molecule has 1 unspecified atom stereocenters. The maximum atomic E-state index is 12.0. The Hall–Kier alpha value is -2.27. The van der Waals surface area contributed by atoms with Crippen molar-refractivity contribution in [2.75, 3.05) is 11.6 Å². The molecular formula is C18H20N2O2S. The molecule has 23 heavy (non-hydrogen) atoms. The van der Waals surface area contributed by atoms with Crippen LogP contribution in [0.3, 0.4) is 0 Å². The summed E-state index contributed by atoms with van der Waals surface area (Å²) in [4.78, 5) is 25.2. The number of hydrogen-bond acceptors (Lipinski definition) is 3. The second-order valence-corrected chi connectivity index (χ2v) is 6.10. The molecule has 120 valence electrons. The SMILES string of the molecule is CSc1ccc(NC(=O)CC(C)NC(=O)c2ccccc2)cc1. The summed E-state index contributed by atoms with van der Waals surface area (Å²) in [7, 11) is 0. The van der Waals surface area contributed by atoms with Gasteiger partial charge in [0, 0.05) is 28.6 Å². The Morgan fingerprint density at radius 3 is 2.30 bits per heavy atom. The minimum Gasteiger partial charge on any atom is -0.349 e. The molecule has 2 aromatic rings. The van der Waals surface area contributed by atoms with E-state index in [2.05, 4.69) is 10.6 Å². The van der Waals surface area contributed by atoms with Gasteiger partial charge >= 0.3 is 0 Å². The Morgan fingerprint density at radius 2 is 1.70 bits per heavy atom. The largest absolute Gasteiger partial charge is 0.349 e. The molecule has 0 saturated heterocycles. The van der Waals surface area contributed by atoms with E-state index in [1.165, 1.54) is 0 Å². The van der Waals surface area contributed by atoms with Crippen LogP contribution in [0.4, 0.5) is 5.69 Å². The van der Waals surface area contributed by atoms with Gasteiger partial charge in [-0.3, -0.25) is 9.59 Å². The van der Waals surface area contributed by atoms with E-state index in [1.54, 1.807) is 23.9 Å². The highest BCUT2D eigenvalue weighted by Crippen LogP contribution is 2.17. The van der Waals surface area contributed by atoms with Crippen LogP contribution in [0.15, 0.2) is 59.5 Å². The molecule has 2 amide bonds. The van der Waals surface area contributed by atoms with Crippen molar-refractivity contribution >= 4 is 29.3 Å². The van der Waals surface area contributed by atoms with E-state index in [9.17, 15) is 9.59 Å². The molecule has 2 rings (SSSR count). The fraction of sp³-hybridized carbons (Fsp3) is 0.222. The van der Waals surface area contributed by atoms with Gasteiger partial charge in [-0.05, 0) is 49.6 Å². The van der Waals surface area contributed by atoms with Gasteiger partial charge in [0.05, 0.1) is 0 Å². The highest BCUT2D eigenvalue weighted by Gasteiger charge is 2.13. The predicted octanol–water partition coefficient (Wildman–Crippen LogP) is 3.56. The maximum Gasteiger partial charge on any atom is 0.251 e. The van der Waals surface area contributed by atoms with Crippen molar-refractivity contribution in [2.24, 2.45) is 0 Å². The number of hydrogen-bond donors (Lipinski definition) is 2. The second kappa shape index (κ2) is 8.39. The Bertz CT molecular complexity index is 656. The number of carbonyl (C=O) groups excluding carboxylic acids is 2. The average molecular weight is 328 g/mol. The number of nitrogens with one attached hydrogen (secondary N) is 2. The van der Waals surface area contributed by atoms with Crippen molar-refractivity contribution < 1.29 is 9.59 Å². The normalized spacial score (nSPS) is 11.6. The Labute approximate surface area is 140 Å². The third kappa shape index (κ3) is 5.45. The van der Waals surface area contributed by atoms with Gasteiger partial charge in [-0.1, -0.05) is 18.2 Å². The molecule has 5 heteroatoms. The fourth-order valence-corrected chi connectivity index (χ4v) is 2.52. The summed E-state index contributed by atoms with van der Waals surface area (Å²) in [5.74, 6) is -0.294. The lowest BCUT2D eigenvalue weighted by Crippen LogP contribution is -2.35. The lowest BCUT2D eigenvalue weighted by Gasteiger charge is -2.14. The molecule has 0 heterocycles. The third-order valence-corrected chi connectivity index (χ3v) is 4.02. The van der Waals surface area contributed by atoms with Gasteiger partial charge in [0.1, 0.15) is 0 Å². The quantitative estimate of drug-likeness (QED) is 0.797. The highest BCUT2D eigenvalue weighted by molar-refractivity contribution is 7.98. The van der Waals surface area contributed by atoms with Gasteiger partial charge in [0.2, 0.25) is 5.91 Å². The van der Waals surface area contributed by atoms with E-state index in [4.69, 9.17) is 0 Å². The topological polar surface area (TPSA) is 58.2 Å². The third-order valence-electron chi connectivity index (χ3n) is 3.28. The van der Waals surface area contributed by atoms with Crippen LogP contribution in [0, 0.1) is 0 Å². The zero-order chi connectivity index (χ0) is 16.7. The number of anilines is 1. The summed E-state index contributed by atoms with van der Waals surface area (Å²) in [5.41, 5.74) is 1.35. The van der Waals surface area contributed by atoms with Crippen LogP contribution in [-0.2, 0) is 4.79 Å². The molecule has 0 bridgehead atoms. The molecule has 2 aromatic carbocycles. The molecular weight excluding hydrogens is 308 g/mol. The number of amides is 2. The van der Waals surface area contributed by atoms with Crippen LogP contribution in [0.5, 0.6) is 0 Å². The molecule has 0 aromatic heterocycles. The first-order valence-electron chi connectivity index (χ1n) is 7.38. The minimum atomic E-state index is -0.242. The predicted molar refractivity (Wildman–Crippen MR) is 94.8 cm³/mol. The van der Waals surface area contributed by atoms with E-state index in [0.29, 0.717) is 5.56 Å². The molecule has 1 atom stereocenters. The van der Waals surface area contributed by atoms with Crippen molar-refractivity contribution in [1.82, 2.24) is 5.32 Å². The molecule has 4 nitrogen and oxygen atoms in total. The van der Waals surface area contributed by atoms with Crippen LogP contribution in [0.1, 0.15) is 23.7 Å². The van der Waals surface area contributed by atoms with Gasteiger partial charge in [-0.2, -0.15) is 0 Å². The summed E-state index contributed by atoms with van der Waals surface area (Å²) in [6, 6.07) is 16.4. The van der Waals surface area contributed by atoms with Crippen LogP contribution in [0.25, 0.3) is 0 Å². The van der Waals surface area contributed by atoms with E-state index < -0.39 is 0 Å². The zero-order valence-corrected chi connectivity index (χ0v) is 14.0. The summed E-state index contributed by atoms with van der Waals surface area (Å²) >= 11 is 1.65. The number of benzene rings is 2. The first-order valence-corrected chi connectivity index (χ1v) is 8.61. The Balaban J connectivity index is 1.83. The van der Waals surface area contributed by atoms with Gasteiger partial charge in [0.25, 0.3) is 5.91 Å². The molecule has 2 N–H and O–H groups in total. The standard InChI is InChI=1S/C18H20N2O2S/c1-13(19-18(22)14-6-4-3-5-7-14)12-17(21)20-15-8-10-16(23-2)11-9-15/h3-11,13H,12H2,1-2H3,(H,19,22)(H,20,21). The van der Waals surface area contributed by atoms with Gasteiger partial charge in [-0.15, -0.1) is 11.8 Å². The van der Waals surface area contributed by atoms with Crippen LogP contribution >= 0.6 is 11.8 Å². The van der Waals surface area contributed by atoms with Crippen molar-refractivity contribution in [2.45, 2.75) is 24.3 Å². The summed E-state index contributed by atoms with van der Waals surface area (Å²) in [6.45, 7) is 1.82. The zero-order valence-electron chi connectivity index (χ0n) is 13.2. The van der Waals surface area contributed by atoms with Gasteiger partial charge in [0.15, 0.2) is 0 Å².